The Morgan fingerprint density at radius 1 is 1.21 bits per heavy atom. The fraction of sp³-hybridized carbons (Fsp3) is 0.348. The van der Waals surface area contributed by atoms with E-state index in [2.05, 4.69) is 15.3 Å². The molecule has 0 spiro atoms. The molecule has 4 heterocycles. The van der Waals surface area contributed by atoms with Gasteiger partial charge < -0.3 is 19.4 Å². The maximum atomic E-state index is 14.5. The Labute approximate surface area is 193 Å². The molecule has 176 valence electrons. The van der Waals surface area contributed by atoms with Gasteiger partial charge in [-0.3, -0.25) is 14.5 Å². The van der Waals surface area contributed by atoms with E-state index in [1.165, 1.54) is 21.7 Å². The third kappa shape index (κ3) is 4.10. The molecule has 1 fully saturated rings. The maximum absolute atomic E-state index is 14.5. The highest BCUT2D eigenvalue weighted by Gasteiger charge is 2.33. The fourth-order valence-electron chi connectivity index (χ4n) is 4.21. The number of Topliss-reactive ketones (excluding diaryl/α,β-unsaturated/α-hetero) is 1. The number of nitrogens with zero attached hydrogens (tertiary/aromatic N) is 4. The Bertz CT molecular complexity index is 1360. The molecule has 2 aromatic heterocycles. The minimum Gasteiger partial charge on any atom is -0.484 e. The van der Waals surface area contributed by atoms with Crippen molar-refractivity contribution in [1.82, 2.24) is 19.9 Å². The molecule has 2 aliphatic heterocycles. The monoisotopic (exact) mass is 467 g/mol. The molecular weight excluding hydrogens is 445 g/mol. The Hall–Kier alpha value is -3.86. The van der Waals surface area contributed by atoms with Crippen molar-refractivity contribution >= 4 is 28.7 Å². The summed E-state index contributed by atoms with van der Waals surface area (Å²) in [6, 6.07) is 6.25. The summed E-state index contributed by atoms with van der Waals surface area (Å²) in [4.78, 5) is 45.9. The van der Waals surface area contributed by atoms with Crippen LogP contribution in [0.25, 0.3) is 11.0 Å². The van der Waals surface area contributed by atoms with Crippen molar-refractivity contribution in [3.05, 3.63) is 57.9 Å². The fourth-order valence-corrected chi connectivity index (χ4v) is 4.21. The molecule has 5 rings (SSSR count). The number of halogens is 1. The van der Waals surface area contributed by atoms with Crippen LogP contribution in [0.3, 0.4) is 0 Å². The van der Waals surface area contributed by atoms with Crippen molar-refractivity contribution in [3.8, 4) is 5.75 Å². The predicted octanol–water partition coefficient (Wildman–Crippen LogP) is 1.13. The highest BCUT2D eigenvalue weighted by molar-refractivity contribution is 5.89. The third-order valence-corrected chi connectivity index (χ3v) is 5.93. The number of hydrogen-bond acceptors (Lipinski definition) is 8. The van der Waals surface area contributed by atoms with Gasteiger partial charge in [-0.1, -0.05) is 0 Å². The molecule has 34 heavy (non-hydrogen) atoms. The van der Waals surface area contributed by atoms with Gasteiger partial charge >= 0.3 is 6.09 Å². The molecule has 0 bridgehead atoms. The first-order valence-corrected chi connectivity index (χ1v) is 10.9. The van der Waals surface area contributed by atoms with Gasteiger partial charge in [-0.05, 0) is 37.2 Å². The van der Waals surface area contributed by atoms with Gasteiger partial charge in [0.1, 0.15) is 30.1 Å². The topological polar surface area (TPSA) is 116 Å². The zero-order chi connectivity index (χ0) is 23.8. The number of aryl methyl sites for hydroxylation is 1. The van der Waals surface area contributed by atoms with Gasteiger partial charge in [0.25, 0.3) is 5.56 Å². The van der Waals surface area contributed by atoms with E-state index in [4.69, 9.17) is 9.47 Å². The van der Waals surface area contributed by atoms with Gasteiger partial charge in [-0.15, -0.1) is 0 Å². The van der Waals surface area contributed by atoms with Crippen LogP contribution in [0.5, 0.6) is 5.75 Å². The Morgan fingerprint density at radius 2 is 2.06 bits per heavy atom. The number of fused-ring (bicyclic) bond motifs is 2. The summed E-state index contributed by atoms with van der Waals surface area (Å²) in [6.45, 7) is 1.08. The van der Waals surface area contributed by atoms with Gasteiger partial charge in [0.05, 0.1) is 35.9 Å². The average molecular weight is 467 g/mol. The highest BCUT2D eigenvalue weighted by Crippen LogP contribution is 2.27. The first kappa shape index (κ1) is 22.0. The average Bonchev–Trinajstić information content (AvgIpc) is 3.20. The minimum absolute atomic E-state index is 0.0308. The van der Waals surface area contributed by atoms with Crippen molar-refractivity contribution in [2.45, 2.75) is 18.9 Å². The molecule has 3 aromatic rings. The second-order valence-corrected chi connectivity index (χ2v) is 8.24. The van der Waals surface area contributed by atoms with E-state index in [1.807, 2.05) is 0 Å². The summed E-state index contributed by atoms with van der Waals surface area (Å²) < 4.78 is 26.7. The number of amides is 1. The highest BCUT2D eigenvalue weighted by atomic mass is 19.1. The van der Waals surface area contributed by atoms with Crippen LogP contribution >= 0.6 is 0 Å². The molecular formula is C23H22FN5O5. The summed E-state index contributed by atoms with van der Waals surface area (Å²) in [7, 11) is 1.59. The minimum atomic E-state index is -0.525. The predicted molar refractivity (Wildman–Crippen MR) is 120 cm³/mol. The van der Waals surface area contributed by atoms with Crippen molar-refractivity contribution in [1.29, 1.82) is 0 Å². The van der Waals surface area contributed by atoms with Gasteiger partial charge in [0.2, 0.25) is 0 Å². The Kier molecular flexibility index (Phi) is 5.70. The summed E-state index contributed by atoms with van der Waals surface area (Å²) >= 11 is 0. The Morgan fingerprint density at radius 3 is 2.91 bits per heavy atom. The first-order valence-electron chi connectivity index (χ1n) is 10.9. The van der Waals surface area contributed by atoms with Crippen molar-refractivity contribution in [2.75, 3.05) is 31.1 Å². The van der Waals surface area contributed by atoms with Crippen LogP contribution in [-0.4, -0.2) is 58.8 Å². The quantitative estimate of drug-likeness (QED) is 0.537. The molecule has 0 radical (unpaired) electrons. The number of ketones is 1. The number of cyclic esters (lactones) is 1. The smallest absolute Gasteiger partial charge is 0.415 e. The molecule has 11 heteroatoms. The number of carbonyl (C=O) groups is 2. The lowest BCUT2D eigenvalue weighted by Crippen LogP contribution is -2.32. The van der Waals surface area contributed by atoms with Crippen molar-refractivity contribution in [2.24, 2.45) is 7.05 Å². The molecule has 10 nitrogen and oxygen atoms in total. The summed E-state index contributed by atoms with van der Waals surface area (Å²) in [5, 5.41) is 3.19. The lowest BCUT2D eigenvalue weighted by Gasteiger charge is -2.18. The number of pyridine rings is 1. The van der Waals surface area contributed by atoms with Gasteiger partial charge in [-0.2, -0.15) is 0 Å². The standard InChI is InChI=1S/C23H22FN5O5/c1-28-21(31)10-26-17-3-2-16(24)15(22(17)28)6-7-25-9-14-11-29(23(32)34-14)20-5-4-19-18(27-20)8-13(30)12-33-19/h2-5,10,14,25H,6-9,11-12H2,1H3/t14-/m0/s1. The van der Waals surface area contributed by atoms with Crippen LogP contribution in [0.4, 0.5) is 15.0 Å². The van der Waals surface area contributed by atoms with Crippen LogP contribution in [0.15, 0.2) is 35.3 Å². The normalized spacial score (nSPS) is 17.6. The zero-order valence-corrected chi connectivity index (χ0v) is 18.4. The van der Waals surface area contributed by atoms with Gasteiger partial charge in [0.15, 0.2) is 5.78 Å². The Balaban J connectivity index is 1.21. The number of hydrogen-bond donors (Lipinski definition) is 1. The van der Waals surface area contributed by atoms with Crippen molar-refractivity contribution < 1.29 is 23.5 Å². The van der Waals surface area contributed by atoms with Crippen LogP contribution in [-0.2, 0) is 29.4 Å². The summed E-state index contributed by atoms with van der Waals surface area (Å²) in [5.41, 5.74) is 1.61. The largest absolute Gasteiger partial charge is 0.484 e. The van der Waals surface area contributed by atoms with E-state index >= 15 is 0 Å². The summed E-state index contributed by atoms with van der Waals surface area (Å²) in [5.74, 6) is 0.469. The van der Waals surface area contributed by atoms with E-state index in [0.717, 1.165) is 0 Å². The molecule has 1 N–H and O–H groups in total. The summed E-state index contributed by atoms with van der Waals surface area (Å²) in [6.07, 6.45) is 0.760. The number of anilines is 1. The van der Waals surface area contributed by atoms with Crippen LogP contribution in [0.1, 0.15) is 11.3 Å². The number of nitrogens with one attached hydrogen (secondary N) is 1. The van der Waals surface area contributed by atoms with Crippen molar-refractivity contribution in [3.63, 3.8) is 0 Å². The molecule has 0 saturated carbocycles. The molecule has 1 saturated heterocycles. The van der Waals surface area contributed by atoms with E-state index in [9.17, 15) is 18.8 Å². The number of aromatic nitrogens is 3. The number of carbonyl (C=O) groups excluding carboxylic acids is 2. The zero-order valence-electron chi connectivity index (χ0n) is 18.4. The second kappa shape index (κ2) is 8.82. The molecule has 1 aromatic carbocycles. The lowest BCUT2D eigenvalue weighted by atomic mass is 10.1. The first-order chi connectivity index (χ1) is 16.4. The van der Waals surface area contributed by atoms with Crippen LogP contribution in [0.2, 0.25) is 0 Å². The number of rotatable bonds is 6. The van der Waals surface area contributed by atoms with Gasteiger partial charge in [-0.25, -0.2) is 19.2 Å². The molecule has 1 atom stereocenters. The van der Waals surface area contributed by atoms with E-state index in [-0.39, 0.29) is 30.9 Å². The second-order valence-electron chi connectivity index (χ2n) is 8.24. The van der Waals surface area contributed by atoms with E-state index in [1.54, 1.807) is 25.2 Å². The molecule has 0 unspecified atom stereocenters. The molecule has 1 amide bonds. The lowest BCUT2D eigenvalue weighted by molar-refractivity contribution is -0.121. The molecule has 2 aliphatic rings. The third-order valence-electron chi connectivity index (χ3n) is 5.93. The van der Waals surface area contributed by atoms with E-state index < -0.39 is 18.0 Å². The molecule has 0 aliphatic carbocycles. The maximum Gasteiger partial charge on any atom is 0.415 e. The van der Waals surface area contributed by atoms with E-state index in [0.29, 0.717) is 53.4 Å². The number of ether oxygens (including phenoxy) is 2. The number of benzene rings is 1. The van der Waals surface area contributed by atoms with Crippen LogP contribution in [0, 0.1) is 5.82 Å². The van der Waals surface area contributed by atoms with Crippen LogP contribution < -0.4 is 20.5 Å². The SMILES string of the molecule is Cn1c(=O)cnc2ccc(F)c(CCNC[C@H]3CN(c4ccc5c(n4)CC(=O)CO5)C(=O)O3)c21. The van der Waals surface area contributed by atoms with Gasteiger partial charge in [0, 0.05) is 19.2 Å².